The minimum Gasteiger partial charge on any atom is -0.299 e. The third kappa shape index (κ3) is 3.56. The molecule has 0 saturated carbocycles. The van der Waals surface area contributed by atoms with Gasteiger partial charge in [0, 0.05) is 17.8 Å². The number of carbonyl (C=O) groups is 1. The molecule has 3 aromatic rings. The zero-order valence-electron chi connectivity index (χ0n) is 15.5. The maximum Gasteiger partial charge on any atom is 0.297 e. The Morgan fingerprint density at radius 1 is 0.867 bits per heavy atom. The molecule has 2 atom stereocenters. The summed E-state index contributed by atoms with van der Waals surface area (Å²) in [6.45, 7) is 0. The Morgan fingerprint density at radius 3 is 2.00 bits per heavy atom. The van der Waals surface area contributed by atoms with E-state index in [0.717, 1.165) is 29.8 Å². The van der Waals surface area contributed by atoms with Crippen LogP contribution in [0.4, 0.5) is 11.4 Å². The molecule has 1 saturated heterocycles. The molecule has 1 aliphatic heterocycles. The number of para-hydroxylation sites is 1. The average molecular weight is 424 g/mol. The number of non-ortho nitro benzene ring substituents is 1. The maximum absolute atomic E-state index is 12.8. The molecule has 1 fully saturated rings. The van der Waals surface area contributed by atoms with Gasteiger partial charge in [-0.25, -0.2) is 0 Å². The summed E-state index contributed by atoms with van der Waals surface area (Å²) in [4.78, 5) is 24.2. The van der Waals surface area contributed by atoms with Gasteiger partial charge in [0.2, 0.25) is 0 Å². The van der Waals surface area contributed by atoms with Crippen molar-refractivity contribution in [1.82, 2.24) is 0 Å². The van der Waals surface area contributed by atoms with E-state index in [4.69, 9.17) is 4.18 Å². The van der Waals surface area contributed by atoms with Gasteiger partial charge >= 0.3 is 0 Å². The van der Waals surface area contributed by atoms with Gasteiger partial charge in [0.25, 0.3) is 21.7 Å². The van der Waals surface area contributed by atoms with E-state index in [1.807, 2.05) is 12.1 Å². The summed E-state index contributed by atoms with van der Waals surface area (Å²) in [6, 6.07) is 21.6. The summed E-state index contributed by atoms with van der Waals surface area (Å²) in [5.74, 6) is -0.486. The molecule has 9 heteroatoms. The Kier molecular flexibility index (Phi) is 5.06. The van der Waals surface area contributed by atoms with Crippen molar-refractivity contribution in [2.75, 3.05) is 4.90 Å². The number of carbonyl (C=O) groups excluding carboxylic acids is 1. The Morgan fingerprint density at radius 2 is 1.43 bits per heavy atom. The highest BCUT2D eigenvalue weighted by molar-refractivity contribution is 7.86. The lowest BCUT2D eigenvalue weighted by Gasteiger charge is -2.46. The predicted octanol–water partition coefficient (Wildman–Crippen LogP) is 3.46. The average Bonchev–Trinajstić information content (AvgIpc) is 2.77. The molecule has 1 heterocycles. The Hall–Kier alpha value is -3.56. The smallest absolute Gasteiger partial charge is 0.297 e. The predicted molar refractivity (Wildman–Crippen MR) is 108 cm³/mol. The lowest BCUT2D eigenvalue weighted by atomic mass is 9.90. The Bertz CT molecular complexity index is 1180. The SMILES string of the molecule is O=C1[C@@H](OS(=O)(=O)c2ccc([N+](=O)[O-])cc2)[C@@H](c2ccccc2)N1c1ccccc1. The molecule has 30 heavy (non-hydrogen) atoms. The lowest BCUT2D eigenvalue weighted by Crippen LogP contribution is -2.60. The number of anilines is 1. The highest BCUT2D eigenvalue weighted by Crippen LogP contribution is 2.42. The largest absolute Gasteiger partial charge is 0.299 e. The molecular weight excluding hydrogens is 408 g/mol. The zero-order chi connectivity index (χ0) is 21.3. The van der Waals surface area contributed by atoms with Crippen molar-refractivity contribution in [2.45, 2.75) is 17.0 Å². The number of hydrogen-bond donors (Lipinski definition) is 0. The van der Waals surface area contributed by atoms with Crippen LogP contribution in [0.1, 0.15) is 11.6 Å². The van der Waals surface area contributed by atoms with Gasteiger partial charge in [-0.2, -0.15) is 8.42 Å². The number of amides is 1. The van der Waals surface area contributed by atoms with E-state index in [9.17, 15) is 23.3 Å². The number of benzene rings is 3. The summed E-state index contributed by atoms with van der Waals surface area (Å²) in [7, 11) is -4.31. The van der Waals surface area contributed by atoms with Gasteiger partial charge in [-0.1, -0.05) is 48.5 Å². The van der Waals surface area contributed by atoms with Crippen molar-refractivity contribution >= 4 is 27.4 Å². The molecule has 0 aliphatic carbocycles. The van der Waals surface area contributed by atoms with Gasteiger partial charge in [0.15, 0.2) is 6.10 Å². The third-order valence-electron chi connectivity index (χ3n) is 4.79. The Labute approximate surface area is 172 Å². The number of β-lactam (4-membered cyclic amide) rings is 1. The first-order chi connectivity index (χ1) is 14.4. The number of nitro benzene ring substituents is 1. The highest BCUT2D eigenvalue weighted by Gasteiger charge is 2.52. The second-order valence-corrected chi connectivity index (χ2v) is 8.19. The van der Waals surface area contributed by atoms with E-state index in [0.29, 0.717) is 5.69 Å². The van der Waals surface area contributed by atoms with Crippen molar-refractivity contribution in [3.8, 4) is 0 Å². The molecule has 8 nitrogen and oxygen atoms in total. The lowest BCUT2D eigenvalue weighted by molar-refractivity contribution is -0.384. The van der Waals surface area contributed by atoms with Crippen LogP contribution in [-0.4, -0.2) is 25.4 Å². The van der Waals surface area contributed by atoms with Gasteiger partial charge in [-0.15, -0.1) is 0 Å². The van der Waals surface area contributed by atoms with Gasteiger partial charge in [0.05, 0.1) is 15.9 Å². The molecule has 0 radical (unpaired) electrons. The van der Waals surface area contributed by atoms with E-state index in [2.05, 4.69) is 0 Å². The monoisotopic (exact) mass is 424 g/mol. The van der Waals surface area contributed by atoms with Gasteiger partial charge < -0.3 is 0 Å². The molecule has 0 spiro atoms. The number of hydrogen-bond acceptors (Lipinski definition) is 6. The zero-order valence-corrected chi connectivity index (χ0v) is 16.3. The minimum absolute atomic E-state index is 0.244. The summed E-state index contributed by atoms with van der Waals surface area (Å²) in [5.41, 5.74) is 1.11. The van der Waals surface area contributed by atoms with Crippen LogP contribution >= 0.6 is 0 Å². The van der Waals surface area contributed by atoms with Crippen LogP contribution in [0.3, 0.4) is 0 Å². The van der Waals surface area contributed by atoms with Crippen LogP contribution in [0.15, 0.2) is 89.8 Å². The topological polar surface area (TPSA) is 107 Å². The normalized spacial score (nSPS) is 18.7. The van der Waals surface area contributed by atoms with Crippen LogP contribution in [0.2, 0.25) is 0 Å². The molecule has 3 aromatic carbocycles. The Balaban J connectivity index is 1.65. The summed E-state index contributed by atoms with van der Waals surface area (Å²) < 4.78 is 30.7. The maximum atomic E-state index is 12.8. The summed E-state index contributed by atoms with van der Waals surface area (Å²) in [6.07, 6.45) is -1.24. The van der Waals surface area contributed by atoms with E-state index in [1.165, 1.54) is 4.90 Å². The molecule has 0 bridgehead atoms. The van der Waals surface area contributed by atoms with Crippen LogP contribution in [-0.2, 0) is 19.1 Å². The van der Waals surface area contributed by atoms with Crippen molar-refractivity contribution in [1.29, 1.82) is 0 Å². The molecular formula is C21H16N2O6S. The van der Waals surface area contributed by atoms with E-state index in [1.54, 1.807) is 48.5 Å². The molecule has 0 N–H and O–H groups in total. The van der Waals surface area contributed by atoms with Crippen LogP contribution < -0.4 is 4.90 Å². The number of nitrogens with zero attached hydrogens (tertiary/aromatic N) is 2. The number of nitro groups is 1. The summed E-state index contributed by atoms with van der Waals surface area (Å²) in [5, 5.41) is 10.8. The van der Waals surface area contributed by atoms with Crippen molar-refractivity contribution < 1.29 is 22.3 Å². The van der Waals surface area contributed by atoms with E-state index in [-0.39, 0.29) is 10.6 Å². The fourth-order valence-electron chi connectivity index (χ4n) is 3.33. The van der Waals surface area contributed by atoms with Crippen LogP contribution in [0, 0.1) is 10.1 Å². The van der Waals surface area contributed by atoms with E-state index < -0.39 is 33.1 Å². The van der Waals surface area contributed by atoms with Crippen molar-refractivity contribution in [2.24, 2.45) is 0 Å². The first-order valence-electron chi connectivity index (χ1n) is 8.99. The minimum atomic E-state index is -4.31. The van der Waals surface area contributed by atoms with Crippen molar-refractivity contribution in [3.05, 3.63) is 101 Å². The third-order valence-corrected chi connectivity index (χ3v) is 6.10. The van der Waals surface area contributed by atoms with E-state index >= 15 is 0 Å². The molecule has 4 rings (SSSR count). The fraction of sp³-hybridized carbons (Fsp3) is 0.0952. The first-order valence-corrected chi connectivity index (χ1v) is 10.4. The highest BCUT2D eigenvalue weighted by atomic mass is 32.2. The molecule has 1 aliphatic rings. The standard InChI is InChI=1S/C21H16N2O6S/c24-21-20(29-30(27,28)18-13-11-17(12-14-18)23(25)26)19(15-7-3-1-4-8-15)22(21)16-9-5-2-6-10-16/h1-14,19-20H/t19-,20+/m1/s1. The second-order valence-electron chi connectivity index (χ2n) is 6.62. The molecule has 0 aromatic heterocycles. The second kappa shape index (κ2) is 7.69. The molecule has 0 unspecified atom stereocenters. The van der Waals surface area contributed by atoms with Crippen molar-refractivity contribution in [3.63, 3.8) is 0 Å². The molecule has 152 valence electrons. The molecule has 1 amide bonds. The first kappa shape index (κ1) is 19.7. The van der Waals surface area contributed by atoms with Gasteiger partial charge in [0.1, 0.15) is 0 Å². The van der Waals surface area contributed by atoms with Crippen LogP contribution in [0.5, 0.6) is 0 Å². The quantitative estimate of drug-likeness (QED) is 0.260. The number of rotatable bonds is 6. The van der Waals surface area contributed by atoms with Crippen LogP contribution in [0.25, 0.3) is 0 Å². The fourth-order valence-corrected chi connectivity index (χ4v) is 4.37. The van der Waals surface area contributed by atoms with Gasteiger partial charge in [-0.05, 0) is 29.8 Å². The summed E-state index contributed by atoms with van der Waals surface area (Å²) >= 11 is 0. The van der Waals surface area contributed by atoms with Gasteiger partial charge in [-0.3, -0.25) is 24.0 Å².